The van der Waals surface area contributed by atoms with Crippen LogP contribution in [0.2, 0.25) is 0 Å². The van der Waals surface area contributed by atoms with Crippen LogP contribution >= 0.6 is 17.0 Å². The molecule has 0 aromatic heterocycles. The second-order valence-corrected chi connectivity index (χ2v) is 3.98. The van der Waals surface area contributed by atoms with Crippen LogP contribution in [0.25, 0.3) is 0 Å². The van der Waals surface area contributed by atoms with Gasteiger partial charge >= 0.3 is 0 Å². The van der Waals surface area contributed by atoms with E-state index < -0.39 is 0 Å². The molecule has 0 amide bonds. The van der Waals surface area contributed by atoms with Crippen LogP contribution in [0.3, 0.4) is 0 Å². The number of halogens is 1. The zero-order valence-corrected chi connectivity index (χ0v) is 11.9. The fraction of sp³-hybridized carbons (Fsp3) is 0.200. The van der Waals surface area contributed by atoms with Gasteiger partial charge in [0, 0.05) is 0 Å². The Kier molecular flexibility index (Phi) is 5.23. The minimum atomic E-state index is 0. The largest absolute Gasteiger partial charge is 0.489 e. The lowest BCUT2D eigenvalue weighted by Gasteiger charge is -2.10. The van der Waals surface area contributed by atoms with Crippen molar-refractivity contribution < 1.29 is 4.74 Å². The van der Waals surface area contributed by atoms with Crippen molar-refractivity contribution >= 4 is 17.0 Å². The Morgan fingerprint density at radius 3 is 2.06 bits per heavy atom. The maximum atomic E-state index is 5.80. The molecule has 0 atom stereocenters. The number of hydrogen-bond donors (Lipinski definition) is 0. The van der Waals surface area contributed by atoms with E-state index >= 15 is 0 Å². The number of ether oxygens (including phenoxy) is 1. The summed E-state index contributed by atoms with van der Waals surface area (Å²) >= 11 is 0. The van der Waals surface area contributed by atoms with Crippen LogP contribution < -0.4 is 4.74 Å². The molecule has 90 valence electrons. The molecule has 17 heavy (non-hydrogen) atoms. The molecule has 0 saturated heterocycles. The van der Waals surface area contributed by atoms with Gasteiger partial charge in [0.05, 0.1) is 0 Å². The number of para-hydroxylation sites is 1. The van der Waals surface area contributed by atoms with E-state index in [1.807, 2.05) is 30.3 Å². The topological polar surface area (TPSA) is 9.23 Å². The van der Waals surface area contributed by atoms with Crippen molar-refractivity contribution in [2.24, 2.45) is 0 Å². The van der Waals surface area contributed by atoms with E-state index in [0.717, 1.165) is 5.75 Å². The van der Waals surface area contributed by atoms with E-state index in [2.05, 4.69) is 32.0 Å². The minimum Gasteiger partial charge on any atom is -0.489 e. The van der Waals surface area contributed by atoms with E-state index in [0.29, 0.717) is 6.61 Å². The van der Waals surface area contributed by atoms with Crippen LogP contribution in [0, 0.1) is 13.8 Å². The third-order valence-corrected chi connectivity index (χ3v) is 2.74. The Hall–Kier alpha value is -1.28. The zero-order chi connectivity index (χ0) is 11.4. The van der Waals surface area contributed by atoms with Gasteiger partial charge in [-0.2, -0.15) is 0 Å². The highest BCUT2D eigenvalue weighted by Gasteiger charge is 2.00. The molecule has 2 rings (SSSR count). The molecule has 0 heterocycles. The molecule has 2 heteroatoms. The Morgan fingerprint density at radius 1 is 0.824 bits per heavy atom. The summed E-state index contributed by atoms with van der Waals surface area (Å²) in [5, 5.41) is 0. The summed E-state index contributed by atoms with van der Waals surface area (Å²) in [5.41, 5.74) is 3.69. The second-order valence-electron chi connectivity index (χ2n) is 3.98. The van der Waals surface area contributed by atoms with Gasteiger partial charge in [-0.15, -0.1) is 17.0 Å². The smallest absolute Gasteiger partial charge is 0.122 e. The molecule has 2 aromatic carbocycles. The number of hydrogen-bond acceptors (Lipinski definition) is 1. The molecule has 0 N–H and O–H groups in total. The summed E-state index contributed by atoms with van der Waals surface area (Å²) in [5.74, 6) is 0.964. The van der Waals surface area contributed by atoms with Gasteiger partial charge in [0.15, 0.2) is 0 Å². The fourth-order valence-electron chi connectivity index (χ4n) is 1.65. The molecule has 0 aliphatic heterocycles. The van der Waals surface area contributed by atoms with E-state index in [9.17, 15) is 0 Å². The highest BCUT2D eigenvalue weighted by atomic mass is 79.9. The van der Waals surface area contributed by atoms with Crippen LogP contribution in [0.5, 0.6) is 5.75 Å². The van der Waals surface area contributed by atoms with Gasteiger partial charge in [0.25, 0.3) is 0 Å². The standard InChI is InChI=1S/C15H16O.BrH/c1-12-7-3-5-9-14(12)11-16-15-10-6-4-8-13(15)2;/h3-10H,11H2,1-2H3;1H. The first kappa shape index (κ1) is 13.8. The third-order valence-electron chi connectivity index (χ3n) is 2.74. The summed E-state index contributed by atoms with van der Waals surface area (Å²) in [4.78, 5) is 0. The molecule has 0 aliphatic carbocycles. The summed E-state index contributed by atoms with van der Waals surface area (Å²) in [6, 6.07) is 16.4. The predicted octanol–water partition coefficient (Wildman–Crippen LogP) is 4.46. The third kappa shape index (κ3) is 3.60. The molecule has 0 radical (unpaired) electrons. The van der Waals surface area contributed by atoms with Crippen molar-refractivity contribution in [3.63, 3.8) is 0 Å². The Labute approximate surface area is 113 Å². The molecule has 0 saturated carbocycles. The van der Waals surface area contributed by atoms with Crippen molar-refractivity contribution in [1.29, 1.82) is 0 Å². The molecule has 0 unspecified atom stereocenters. The predicted molar refractivity (Wildman–Crippen MR) is 77.0 cm³/mol. The summed E-state index contributed by atoms with van der Waals surface area (Å²) in [7, 11) is 0. The fourth-order valence-corrected chi connectivity index (χ4v) is 1.65. The Morgan fingerprint density at radius 2 is 1.41 bits per heavy atom. The van der Waals surface area contributed by atoms with Gasteiger partial charge < -0.3 is 4.74 Å². The van der Waals surface area contributed by atoms with Crippen molar-refractivity contribution in [2.75, 3.05) is 0 Å². The zero-order valence-electron chi connectivity index (χ0n) is 10.1. The second kappa shape index (κ2) is 6.45. The highest BCUT2D eigenvalue weighted by molar-refractivity contribution is 8.93. The quantitative estimate of drug-likeness (QED) is 0.812. The average Bonchev–Trinajstić information content (AvgIpc) is 2.30. The van der Waals surface area contributed by atoms with Crippen LogP contribution in [0.1, 0.15) is 16.7 Å². The lowest BCUT2D eigenvalue weighted by atomic mass is 10.1. The molecule has 1 nitrogen and oxygen atoms in total. The Balaban J connectivity index is 0.00000144. The van der Waals surface area contributed by atoms with Gasteiger partial charge in [-0.05, 0) is 36.6 Å². The average molecular weight is 293 g/mol. The van der Waals surface area contributed by atoms with Crippen LogP contribution in [-0.2, 0) is 6.61 Å². The number of aryl methyl sites for hydroxylation is 2. The molecule has 0 fully saturated rings. The SMILES string of the molecule is Br.Cc1ccccc1COc1ccccc1C. The van der Waals surface area contributed by atoms with Crippen molar-refractivity contribution in [1.82, 2.24) is 0 Å². The van der Waals surface area contributed by atoms with Gasteiger partial charge in [-0.1, -0.05) is 42.5 Å². The summed E-state index contributed by atoms with van der Waals surface area (Å²) in [6.45, 7) is 4.81. The number of rotatable bonds is 3. The van der Waals surface area contributed by atoms with Gasteiger partial charge in [-0.25, -0.2) is 0 Å². The van der Waals surface area contributed by atoms with E-state index in [1.54, 1.807) is 0 Å². The molecule has 0 bridgehead atoms. The normalized spacial score (nSPS) is 9.53. The first-order chi connectivity index (χ1) is 7.77. The maximum Gasteiger partial charge on any atom is 0.122 e. The van der Waals surface area contributed by atoms with E-state index in [1.165, 1.54) is 16.7 Å². The summed E-state index contributed by atoms with van der Waals surface area (Å²) < 4.78 is 5.80. The van der Waals surface area contributed by atoms with E-state index in [-0.39, 0.29) is 17.0 Å². The molecular weight excluding hydrogens is 276 g/mol. The van der Waals surface area contributed by atoms with Crippen LogP contribution in [-0.4, -0.2) is 0 Å². The van der Waals surface area contributed by atoms with Gasteiger partial charge in [-0.3, -0.25) is 0 Å². The Bertz CT molecular complexity index is 434. The van der Waals surface area contributed by atoms with Gasteiger partial charge in [0.2, 0.25) is 0 Å². The lowest BCUT2D eigenvalue weighted by Crippen LogP contribution is -1.98. The van der Waals surface area contributed by atoms with Crippen LogP contribution in [0.4, 0.5) is 0 Å². The lowest BCUT2D eigenvalue weighted by molar-refractivity contribution is 0.303. The van der Waals surface area contributed by atoms with Crippen molar-refractivity contribution in [3.8, 4) is 5.75 Å². The van der Waals surface area contributed by atoms with Gasteiger partial charge in [0.1, 0.15) is 12.4 Å². The van der Waals surface area contributed by atoms with Crippen molar-refractivity contribution in [3.05, 3.63) is 65.2 Å². The summed E-state index contributed by atoms with van der Waals surface area (Å²) in [6.07, 6.45) is 0. The van der Waals surface area contributed by atoms with Crippen LogP contribution in [0.15, 0.2) is 48.5 Å². The number of benzene rings is 2. The van der Waals surface area contributed by atoms with E-state index in [4.69, 9.17) is 4.74 Å². The molecule has 0 spiro atoms. The monoisotopic (exact) mass is 292 g/mol. The first-order valence-corrected chi connectivity index (χ1v) is 5.50. The molecule has 2 aromatic rings. The minimum absolute atomic E-state index is 0. The van der Waals surface area contributed by atoms with Crippen molar-refractivity contribution in [2.45, 2.75) is 20.5 Å². The maximum absolute atomic E-state index is 5.80. The molecular formula is C15H17BrO. The molecule has 0 aliphatic rings. The highest BCUT2D eigenvalue weighted by Crippen LogP contribution is 2.18. The first-order valence-electron chi connectivity index (χ1n) is 5.50.